The summed E-state index contributed by atoms with van der Waals surface area (Å²) in [6.45, 7) is 1.91. The van der Waals surface area contributed by atoms with Crippen LogP contribution in [0.15, 0.2) is 95.8 Å². The topological polar surface area (TPSA) is 119 Å². The number of nitrogens with zero attached hydrogens (tertiary/aromatic N) is 4. The zero-order valence-corrected chi connectivity index (χ0v) is 19.4. The fraction of sp³-hybridized carbons (Fsp3) is 0.0714. The average Bonchev–Trinajstić information content (AvgIpc) is 2.89. The lowest BCUT2D eigenvalue weighted by molar-refractivity contribution is 0.487. The third-order valence-electron chi connectivity index (χ3n) is 5.69. The minimum Gasteiger partial charge on any atom is -0.457 e. The number of para-hydroxylation sites is 2. The number of aromatic nitrogens is 3. The molecule has 0 aliphatic heterocycles. The van der Waals surface area contributed by atoms with Crippen molar-refractivity contribution in [3.63, 3.8) is 0 Å². The van der Waals surface area contributed by atoms with Gasteiger partial charge in [-0.1, -0.05) is 48.5 Å². The Kier molecular flexibility index (Phi) is 6.03. The Morgan fingerprint density at radius 3 is 2.42 bits per heavy atom. The molecule has 8 nitrogen and oxygen atoms in total. The number of nitrogens with two attached hydrogens (primary N) is 1. The molecule has 0 bridgehead atoms. The fourth-order valence-electron chi connectivity index (χ4n) is 4.11. The number of fused-ring (bicyclic) bond motifs is 1. The molecule has 3 aromatic carbocycles. The number of rotatable bonds is 6. The molecule has 36 heavy (non-hydrogen) atoms. The lowest BCUT2D eigenvalue weighted by Gasteiger charge is -2.22. The molecule has 0 aliphatic carbocycles. The second kappa shape index (κ2) is 9.60. The molecule has 5 aromatic rings. The van der Waals surface area contributed by atoms with E-state index in [9.17, 15) is 10.1 Å². The Balaban J connectivity index is 1.67. The maximum Gasteiger partial charge on any atom is 0.267 e. The molecule has 2 heterocycles. The van der Waals surface area contributed by atoms with Crippen LogP contribution in [0.1, 0.15) is 24.4 Å². The van der Waals surface area contributed by atoms with Crippen LogP contribution in [0.3, 0.4) is 0 Å². The van der Waals surface area contributed by atoms with Crippen molar-refractivity contribution in [1.29, 1.82) is 5.26 Å². The van der Waals surface area contributed by atoms with Gasteiger partial charge in [-0.2, -0.15) is 10.2 Å². The molecule has 176 valence electrons. The highest BCUT2D eigenvalue weighted by atomic mass is 16.5. The quantitative estimate of drug-likeness (QED) is 0.347. The van der Waals surface area contributed by atoms with Crippen LogP contribution in [0.4, 0.5) is 11.8 Å². The number of hydrogen-bond acceptors (Lipinski definition) is 7. The van der Waals surface area contributed by atoms with Gasteiger partial charge >= 0.3 is 0 Å². The SMILES string of the molecule is C[C@H](Nc1cc(C#N)nc(N)n1)c1cc2cccc(Oc3ccccc3)c2c(=O)n1-c1ccccc1. The molecule has 0 spiro atoms. The summed E-state index contributed by atoms with van der Waals surface area (Å²) < 4.78 is 7.77. The molecule has 0 radical (unpaired) electrons. The second-order valence-corrected chi connectivity index (χ2v) is 8.16. The minimum atomic E-state index is -0.373. The number of nitrogens with one attached hydrogen (secondary N) is 1. The standard InChI is InChI=1S/C28H22N6O2/c1-18(31-25-16-20(17-29)32-28(30)33-25)23-15-19-9-8-14-24(36-22-12-6-3-7-13-22)26(19)27(35)34(23)21-10-4-2-5-11-21/h2-16,18H,1H3,(H3,30,31,32,33)/t18-/m0/s1. The van der Waals surface area contributed by atoms with Gasteiger partial charge in [0, 0.05) is 17.4 Å². The van der Waals surface area contributed by atoms with Crippen LogP contribution in [0.5, 0.6) is 11.5 Å². The summed E-state index contributed by atoms with van der Waals surface area (Å²) in [4.78, 5) is 22.1. The zero-order chi connectivity index (χ0) is 25.1. The maximum atomic E-state index is 14.0. The third kappa shape index (κ3) is 4.45. The summed E-state index contributed by atoms with van der Waals surface area (Å²) in [6.07, 6.45) is 0. The van der Waals surface area contributed by atoms with Gasteiger partial charge in [0.2, 0.25) is 5.95 Å². The van der Waals surface area contributed by atoms with Crippen molar-refractivity contribution < 1.29 is 4.74 Å². The highest BCUT2D eigenvalue weighted by Gasteiger charge is 2.19. The van der Waals surface area contributed by atoms with Gasteiger partial charge in [0.15, 0.2) is 0 Å². The predicted octanol–water partition coefficient (Wildman–Crippen LogP) is 5.20. The fourth-order valence-corrected chi connectivity index (χ4v) is 4.11. The molecule has 0 saturated carbocycles. The Morgan fingerprint density at radius 1 is 0.972 bits per heavy atom. The van der Waals surface area contributed by atoms with Crippen molar-refractivity contribution in [2.45, 2.75) is 13.0 Å². The first kappa shape index (κ1) is 22.6. The van der Waals surface area contributed by atoms with Gasteiger partial charge in [0.1, 0.15) is 29.1 Å². The van der Waals surface area contributed by atoms with Crippen LogP contribution >= 0.6 is 0 Å². The molecule has 0 aliphatic rings. The first-order valence-corrected chi connectivity index (χ1v) is 11.3. The van der Waals surface area contributed by atoms with E-state index in [1.165, 1.54) is 6.07 Å². The first-order chi connectivity index (χ1) is 17.5. The van der Waals surface area contributed by atoms with Crippen LogP contribution in [0, 0.1) is 11.3 Å². The van der Waals surface area contributed by atoms with Gasteiger partial charge in [0.25, 0.3) is 5.56 Å². The van der Waals surface area contributed by atoms with Crippen molar-refractivity contribution in [3.05, 3.63) is 113 Å². The predicted molar refractivity (Wildman–Crippen MR) is 139 cm³/mol. The molecule has 1 atom stereocenters. The number of pyridine rings is 1. The molecule has 0 fully saturated rings. The molecule has 3 N–H and O–H groups in total. The highest BCUT2D eigenvalue weighted by molar-refractivity contribution is 5.88. The Hall–Kier alpha value is -5.16. The van der Waals surface area contributed by atoms with E-state index >= 15 is 0 Å². The van der Waals surface area contributed by atoms with E-state index in [2.05, 4.69) is 15.3 Å². The summed E-state index contributed by atoms with van der Waals surface area (Å²) in [6, 6.07) is 29.4. The monoisotopic (exact) mass is 474 g/mol. The summed E-state index contributed by atoms with van der Waals surface area (Å²) in [7, 11) is 0. The van der Waals surface area contributed by atoms with Crippen LogP contribution in [-0.4, -0.2) is 14.5 Å². The molecule has 8 heteroatoms. The van der Waals surface area contributed by atoms with Gasteiger partial charge in [-0.15, -0.1) is 0 Å². The van der Waals surface area contributed by atoms with E-state index in [0.717, 1.165) is 5.39 Å². The van der Waals surface area contributed by atoms with Crippen molar-refractivity contribution in [3.8, 4) is 23.3 Å². The van der Waals surface area contributed by atoms with E-state index in [0.29, 0.717) is 34.1 Å². The van der Waals surface area contributed by atoms with Gasteiger partial charge in [-0.05, 0) is 48.7 Å². The van der Waals surface area contributed by atoms with E-state index < -0.39 is 0 Å². The van der Waals surface area contributed by atoms with E-state index in [1.54, 1.807) is 10.6 Å². The van der Waals surface area contributed by atoms with Gasteiger partial charge < -0.3 is 15.8 Å². The van der Waals surface area contributed by atoms with Crippen molar-refractivity contribution in [2.24, 2.45) is 0 Å². The van der Waals surface area contributed by atoms with Gasteiger partial charge in [-0.25, -0.2) is 4.98 Å². The Labute approximate surface area is 207 Å². The lowest BCUT2D eigenvalue weighted by Crippen LogP contribution is -2.26. The van der Waals surface area contributed by atoms with Gasteiger partial charge in [-0.3, -0.25) is 9.36 Å². The van der Waals surface area contributed by atoms with Crippen molar-refractivity contribution >= 4 is 22.5 Å². The summed E-state index contributed by atoms with van der Waals surface area (Å²) in [5.74, 6) is 1.50. The van der Waals surface area contributed by atoms with E-state index in [1.807, 2.05) is 91.9 Å². The molecule has 0 unspecified atom stereocenters. The molecular formula is C28H22N6O2. The molecule has 0 amide bonds. The lowest BCUT2D eigenvalue weighted by atomic mass is 10.1. The number of ether oxygens (including phenoxy) is 1. The van der Waals surface area contributed by atoms with Crippen LogP contribution in [0.25, 0.3) is 16.5 Å². The van der Waals surface area contributed by atoms with Crippen LogP contribution < -0.4 is 21.3 Å². The van der Waals surface area contributed by atoms with E-state index in [4.69, 9.17) is 10.5 Å². The molecule has 2 aromatic heterocycles. The summed E-state index contributed by atoms with van der Waals surface area (Å²) >= 11 is 0. The first-order valence-electron chi connectivity index (χ1n) is 11.3. The Morgan fingerprint density at radius 2 is 1.69 bits per heavy atom. The zero-order valence-electron chi connectivity index (χ0n) is 19.4. The number of anilines is 2. The number of nitriles is 1. The summed E-state index contributed by atoms with van der Waals surface area (Å²) in [5, 5.41) is 13.7. The molecule has 5 rings (SSSR count). The second-order valence-electron chi connectivity index (χ2n) is 8.16. The van der Waals surface area contributed by atoms with E-state index in [-0.39, 0.29) is 23.2 Å². The number of nitrogen functional groups attached to an aromatic ring is 1. The molecular weight excluding hydrogens is 452 g/mol. The van der Waals surface area contributed by atoms with Gasteiger partial charge in [0.05, 0.1) is 11.4 Å². The van der Waals surface area contributed by atoms with Crippen molar-refractivity contribution in [1.82, 2.24) is 14.5 Å². The third-order valence-corrected chi connectivity index (χ3v) is 5.69. The average molecular weight is 475 g/mol. The van der Waals surface area contributed by atoms with Crippen LogP contribution in [-0.2, 0) is 0 Å². The van der Waals surface area contributed by atoms with Crippen LogP contribution in [0.2, 0.25) is 0 Å². The van der Waals surface area contributed by atoms with Crippen molar-refractivity contribution in [2.75, 3.05) is 11.1 Å². The Bertz CT molecular complexity index is 1640. The normalized spacial score (nSPS) is 11.6. The number of benzene rings is 3. The number of hydrogen-bond donors (Lipinski definition) is 2. The smallest absolute Gasteiger partial charge is 0.267 e. The molecule has 0 saturated heterocycles. The summed E-state index contributed by atoms with van der Waals surface area (Å²) in [5.41, 5.74) is 7.11. The largest absolute Gasteiger partial charge is 0.457 e. The highest BCUT2D eigenvalue weighted by Crippen LogP contribution is 2.31. The maximum absolute atomic E-state index is 14.0. The minimum absolute atomic E-state index is 0.00888.